The standard InChI is InChI=1S/C22H23NO6S.H2O4S/c1-3-20(24)29-18(15-5-4-6-17(12-15)27-2)13-28-16-9-7-14(8-10-16)11-19-21(25)23-22(26)30-19;1-5(2,3)4/h4-10,12,18-19H,3,11,13H2,1-2H3,(H,23,25,26);(H2,1,2,3,4)/t18-,19?;/m0./s1. The molecule has 2 amide bonds. The van der Waals surface area contributed by atoms with Gasteiger partial charge in [-0.05, 0) is 41.8 Å². The smallest absolute Gasteiger partial charge is 0.394 e. The average molecular weight is 528 g/mol. The van der Waals surface area contributed by atoms with Gasteiger partial charge in [-0.1, -0.05) is 43.0 Å². The molecule has 1 fully saturated rings. The first-order valence-electron chi connectivity index (χ1n) is 10.2. The Morgan fingerprint density at radius 2 is 1.77 bits per heavy atom. The number of carbonyl (C=O) groups excluding carboxylic acids is 3. The second-order valence-corrected chi connectivity index (χ2v) is 9.17. The third-order valence-corrected chi connectivity index (χ3v) is 5.52. The van der Waals surface area contributed by atoms with Crippen LogP contribution >= 0.6 is 11.8 Å². The van der Waals surface area contributed by atoms with Gasteiger partial charge in [-0.25, -0.2) is 0 Å². The van der Waals surface area contributed by atoms with E-state index in [0.29, 0.717) is 17.9 Å². The average Bonchev–Trinajstić information content (AvgIpc) is 3.12. The molecule has 0 bridgehead atoms. The molecule has 11 nitrogen and oxygen atoms in total. The first-order chi connectivity index (χ1) is 16.5. The molecule has 3 rings (SSSR count). The number of imide groups is 1. The molecule has 0 saturated carbocycles. The van der Waals surface area contributed by atoms with Gasteiger partial charge in [0.05, 0.1) is 12.4 Å². The highest BCUT2D eigenvalue weighted by Crippen LogP contribution is 2.26. The highest BCUT2D eigenvalue weighted by atomic mass is 32.3. The number of carbonyl (C=O) groups is 3. The monoisotopic (exact) mass is 527 g/mol. The summed E-state index contributed by atoms with van der Waals surface area (Å²) in [6.45, 7) is 1.88. The molecule has 13 heteroatoms. The largest absolute Gasteiger partial charge is 0.497 e. The molecule has 2 atom stereocenters. The normalized spacial score (nSPS) is 15.9. The van der Waals surface area contributed by atoms with E-state index in [1.807, 2.05) is 36.4 Å². The molecule has 0 radical (unpaired) electrons. The summed E-state index contributed by atoms with van der Waals surface area (Å²) in [5.74, 6) is 0.702. The number of ether oxygens (including phenoxy) is 3. The van der Waals surface area contributed by atoms with Gasteiger partial charge in [-0.3, -0.25) is 28.8 Å². The van der Waals surface area contributed by atoms with Crippen LogP contribution in [0.4, 0.5) is 4.79 Å². The van der Waals surface area contributed by atoms with Crippen molar-refractivity contribution >= 4 is 39.3 Å². The maximum Gasteiger partial charge on any atom is 0.394 e. The molecule has 1 saturated heterocycles. The first kappa shape index (κ1) is 28.1. The second-order valence-electron chi connectivity index (χ2n) is 7.10. The van der Waals surface area contributed by atoms with E-state index in [9.17, 15) is 14.4 Å². The molecule has 1 aliphatic rings. The second kappa shape index (κ2) is 13.1. The molecule has 2 aromatic carbocycles. The van der Waals surface area contributed by atoms with Crippen molar-refractivity contribution < 1.29 is 46.1 Å². The van der Waals surface area contributed by atoms with E-state index in [1.54, 1.807) is 26.2 Å². The van der Waals surface area contributed by atoms with Crippen molar-refractivity contribution in [2.75, 3.05) is 13.7 Å². The molecule has 35 heavy (non-hydrogen) atoms. The maximum atomic E-state index is 11.9. The Balaban J connectivity index is 0.000000784. The zero-order chi connectivity index (χ0) is 26.0. The number of hydrogen-bond acceptors (Lipinski definition) is 9. The van der Waals surface area contributed by atoms with E-state index in [4.69, 9.17) is 31.7 Å². The first-order valence-corrected chi connectivity index (χ1v) is 12.5. The predicted octanol–water partition coefficient (Wildman–Crippen LogP) is 3.01. The molecular weight excluding hydrogens is 502 g/mol. The number of nitrogens with one attached hydrogen (secondary N) is 1. The topological polar surface area (TPSA) is 166 Å². The van der Waals surface area contributed by atoms with Crippen LogP contribution in [0.15, 0.2) is 48.5 Å². The van der Waals surface area contributed by atoms with Crippen LogP contribution in [0.25, 0.3) is 0 Å². The minimum Gasteiger partial charge on any atom is -0.497 e. The van der Waals surface area contributed by atoms with E-state index >= 15 is 0 Å². The van der Waals surface area contributed by atoms with Gasteiger partial charge in [0.15, 0.2) is 6.10 Å². The van der Waals surface area contributed by atoms with Gasteiger partial charge < -0.3 is 14.2 Å². The Bertz CT molecular complexity index is 1130. The predicted molar refractivity (Wildman–Crippen MR) is 127 cm³/mol. The number of thioether (sulfide) groups is 1. The van der Waals surface area contributed by atoms with Crippen molar-refractivity contribution in [1.82, 2.24) is 5.32 Å². The van der Waals surface area contributed by atoms with E-state index < -0.39 is 21.8 Å². The van der Waals surface area contributed by atoms with Crippen LogP contribution in [-0.4, -0.2) is 53.6 Å². The van der Waals surface area contributed by atoms with E-state index in [0.717, 1.165) is 22.9 Å². The lowest BCUT2D eigenvalue weighted by Gasteiger charge is -2.19. The van der Waals surface area contributed by atoms with Gasteiger partial charge in [0.25, 0.3) is 5.24 Å². The van der Waals surface area contributed by atoms with Crippen molar-refractivity contribution in [3.8, 4) is 11.5 Å². The Hall–Kier alpha value is -3.13. The minimum atomic E-state index is -4.67. The number of hydrogen-bond donors (Lipinski definition) is 3. The summed E-state index contributed by atoms with van der Waals surface area (Å²) < 4.78 is 48.2. The Labute approximate surface area is 206 Å². The van der Waals surface area contributed by atoms with Gasteiger partial charge in [0.2, 0.25) is 5.91 Å². The fraction of sp³-hybridized carbons (Fsp3) is 0.318. The Kier molecular flexibility index (Phi) is 10.5. The summed E-state index contributed by atoms with van der Waals surface area (Å²) in [6, 6.07) is 14.6. The van der Waals surface area contributed by atoms with E-state index in [-0.39, 0.29) is 30.1 Å². The third-order valence-electron chi connectivity index (χ3n) is 4.54. The number of benzene rings is 2. The lowest BCUT2D eigenvalue weighted by molar-refractivity contribution is -0.150. The zero-order valence-corrected chi connectivity index (χ0v) is 20.5. The van der Waals surface area contributed by atoms with Crippen molar-refractivity contribution in [2.24, 2.45) is 0 Å². The van der Waals surface area contributed by atoms with Crippen molar-refractivity contribution in [3.05, 3.63) is 59.7 Å². The van der Waals surface area contributed by atoms with Crippen molar-refractivity contribution in [1.29, 1.82) is 0 Å². The summed E-state index contributed by atoms with van der Waals surface area (Å²) >= 11 is 1.01. The van der Waals surface area contributed by atoms with Gasteiger partial charge in [0.1, 0.15) is 18.1 Å². The number of amides is 2. The zero-order valence-electron chi connectivity index (χ0n) is 18.9. The third kappa shape index (κ3) is 10.3. The highest BCUT2D eigenvalue weighted by molar-refractivity contribution is 8.15. The van der Waals surface area contributed by atoms with Crippen molar-refractivity contribution in [3.63, 3.8) is 0 Å². The Morgan fingerprint density at radius 3 is 2.31 bits per heavy atom. The van der Waals surface area contributed by atoms with Crippen LogP contribution in [0.2, 0.25) is 0 Å². The molecule has 2 aromatic rings. The summed E-state index contributed by atoms with van der Waals surface area (Å²) in [4.78, 5) is 34.8. The molecule has 0 aromatic heterocycles. The lowest BCUT2D eigenvalue weighted by Crippen LogP contribution is -2.25. The SMILES string of the molecule is CCC(=O)O[C@@H](COc1ccc(CC2SC(=O)NC2=O)cc1)c1cccc(OC)c1.O=S(=O)(O)O. The molecule has 0 spiro atoms. The van der Waals surface area contributed by atoms with Crippen LogP contribution in [-0.2, 0) is 31.1 Å². The summed E-state index contributed by atoms with van der Waals surface area (Å²) in [7, 11) is -3.09. The van der Waals surface area contributed by atoms with Gasteiger partial charge >= 0.3 is 16.4 Å². The fourth-order valence-electron chi connectivity index (χ4n) is 2.92. The van der Waals surface area contributed by atoms with Crippen LogP contribution in [0.5, 0.6) is 11.5 Å². The summed E-state index contributed by atoms with van der Waals surface area (Å²) in [5.41, 5.74) is 1.70. The molecule has 190 valence electrons. The van der Waals surface area contributed by atoms with E-state index in [1.165, 1.54) is 0 Å². The van der Waals surface area contributed by atoms with Crippen LogP contribution in [0, 0.1) is 0 Å². The van der Waals surface area contributed by atoms with Crippen LogP contribution in [0.1, 0.15) is 30.6 Å². The number of rotatable bonds is 9. The lowest BCUT2D eigenvalue weighted by atomic mass is 10.1. The van der Waals surface area contributed by atoms with Gasteiger partial charge in [0, 0.05) is 6.42 Å². The van der Waals surface area contributed by atoms with Gasteiger partial charge in [-0.15, -0.1) is 0 Å². The van der Waals surface area contributed by atoms with E-state index in [2.05, 4.69) is 5.32 Å². The van der Waals surface area contributed by atoms with Gasteiger partial charge in [-0.2, -0.15) is 8.42 Å². The Morgan fingerprint density at radius 1 is 1.11 bits per heavy atom. The van der Waals surface area contributed by atoms with Crippen LogP contribution < -0.4 is 14.8 Å². The van der Waals surface area contributed by atoms with Crippen LogP contribution in [0.3, 0.4) is 0 Å². The molecule has 3 N–H and O–H groups in total. The number of methoxy groups -OCH3 is 1. The molecule has 1 unspecified atom stereocenters. The fourth-order valence-corrected chi connectivity index (χ4v) is 3.78. The highest BCUT2D eigenvalue weighted by Gasteiger charge is 2.31. The molecule has 0 aliphatic carbocycles. The summed E-state index contributed by atoms with van der Waals surface area (Å²) in [6.07, 6.45) is 0.157. The molecule has 1 heterocycles. The quantitative estimate of drug-likeness (QED) is 0.324. The molecule has 1 aliphatic heterocycles. The van der Waals surface area contributed by atoms with Crippen molar-refractivity contribution in [2.45, 2.75) is 31.1 Å². The molecular formula is C22H25NO10S2. The maximum absolute atomic E-state index is 11.9. The summed E-state index contributed by atoms with van der Waals surface area (Å²) in [5, 5.41) is 1.57. The number of esters is 1. The minimum absolute atomic E-state index is 0.146.